The molecule has 1 aliphatic rings. The van der Waals surface area contributed by atoms with Crippen LogP contribution in [0.2, 0.25) is 0 Å². The Hall–Kier alpha value is -2.77. The highest BCUT2D eigenvalue weighted by Gasteiger charge is 2.29. The molecule has 21 heavy (non-hydrogen) atoms. The maximum absolute atomic E-state index is 12.8. The van der Waals surface area contributed by atoms with E-state index in [2.05, 4.69) is 20.7 Å². The van der Waals surface area contributed by atoms with Gasteiger partial charge < -0.3 is 5.32 Å². The first-order valence-corrected chi connectivity index (χ1v) is 6.36. The van der Waals surface area contributed by atoms with E-state index < -0.39 is 5.92 Å². The first-order chi connectivity index (χ1) is 10.1. The highest BCUT2D eigenvalue weighted by atomic mass is 19.1. The van der Waals surface area contributed by atoms with Crippen LogP contribution in [0.4, 0.5) is 16.0 Å². The lowest BCUT2D eigenvalue weighted by atomic mass is 10.0. The number of benzene rings is 1. The van der Waals surface area contributed by atoms with E-state index in [1.54, 1.807) is 0 Å². The number of fused-ring (bicyclic) bond motifs is 1. The molecule has 0 fully saturated rings. The standard InChI is InChI=1S/C13H12FN5O2/c14-9-1-3-10(4-2-9)17-11(20)5-8-6-19-13(15-7-16-19)18-12(8)21/h1-4,7-8H,5-6H2,(H,17,20)(H,15,16,18,21)/t8-/m1/s1. The van der Waals surface area contributed by atoms with E-state index >= 15 is 0 Å². The summed E-state index contributed by atoms with van der Waals surface area (Å²) in [6.45, 7) is 0.304. The van der Waals surface area contributed by atoms with Gasteiger partial charge in [0.15, 0.2) is 0 Å². The lowest BCUT2D eigenvalue weighted by Gasteiger charge is -2.21. The molecule has 2 N–H and O–H groups in total. The molecule has 8 heteroatoms. The number of nitrogens with one attached hydrogen (secondary N) is 2. The number of carbonyl (C=O) groups excluding carboxylic acids is 2. The minimum Gasteiger partial charge on any atom is -0.326 e. The van der Waals surface area contributed by atoms with Crippen molar-refractivity contribution in [1.82, 2.24) is 14.8 Å². The van der Waals surface area contributed by atoms with Crippen molar-refractivity contribution in [2.45, 2.75) is 13.0 Å². The molecular formula is C13H12FN5O2. The van der Waals surface area contributed by atoms with E-state index in [-0.39, 0.29) is 24.1 Å². The predicted molar refractivity (Wildman–Crippen MR) is 71.8 cm³/mol. The second-order valence-corrected chi connectivity index (χ2v) is 4.71. The summed E-state index contributed by atoms with van der Waals surface area (Å²) in [7, 11) is 0. The molecule has 0 aliphatic carbocycles. The van der Waals surface area contributed by atoms with E-state index in [0.717, 1.165) is 0 Å². The SMILES string of the molecule is O=C(C[C@@H]1Cn2ncnc2NC1=O)Nc1ccc(F)cc1. The van der Waals surface area contributed by atoms with Gasteiger partial charge in [0.25, 0.3) is 0 Å². The van der Waals surface area contributed by atoms with Gasteiger partial charge in [-0.15, -0.1) is 0 Å². The van der Waals surface area contributed by atoms with E-state index in [1.807, 2.05) is 0 Å². The molecule has 0 saturated carbocycles. The average molecular weight is 289 g/mol. The van der Waals surface area contributed by atoms with Crippen LogP contribution in [0.1, 0.15) is 6.42 Å². The topological polar surface area (TPSA) is 88.9 Å². The third-order valence-corrected chi connectivity index (χ3v) is 3.17. The first-order valence-electron chi connectivity index (χ1n) is 6.36. The summed E-state index contributed by atoms with van der Waals surface area (Å²) < 4.78 is 14.3. The van der Waals surface area contributed by atoms with E-state index in [9.17, 15) is 14.0 Å². The summed E-state index contributed by atoms with van der Waals surface area (Å²) in [5.74, 6) is -1.08. The third-order valence-electron chi connectivity index (χ3n) is 3.17. The lowest BCUT2D eigenvalue weighted by molar-refractivity contribution is -0.125. The summed E-state index contributed by atoms with van der Waals surface area (Å²) in [4.78, 5) is 27.7. The monoisotopic (exact) mass is 289 g/mol. The van der Waals surface area contributed by atoms with Gasteiger partial charge in [-0.25, -0.2) is 9.07 Å². The summed E-state index contributed by atoms with van der Waals surface area (Å²) >= 11 is 0. The van der Waals surface area contributed by atoms with Crippen LogP contribution in [0.15, 0.2) is 30.6 Å². The molecule has 1 aliphatic heterocycles. The Balaban J connectivity index is 1.62. The summed E-state index contributed by atoms with van der Waals surface area (Å²) in [6, 6.07) is 5.43. The number of nitrogens with zero attached hydrogens (tertiary/aromatic N) is 3. The van der Waals surface area contributed by atoms with Crippen LogP contribution in [0.3, 0.4) is 0 Å². The first kappa shape index (κ1) is 13.2. The van der Waals surface area contributed by atoms with Crippen LogP contribution in [0.5, 0.6) is 0 Å². The quantitative estimate of drug-likeness (QED) is 0.882. The van der Waals surface area contributed by atoms with Crippen LogP contribution < -0.4 is 10.6 Å². The summed E-state index contributed by atoms with van der Waals surface area (Å²) in [6.07, 6.45) is 1.36. The fourth-order valence-corrected chi connectivity index (χ4v) is 2.12. The minimum absolute atomic E-state index is 0.0164. The molecule has 0 spiro atoms. The van der Waals surface area contributed by atoms with Crippen LogP contribution in [-0.2, 0) is 16.1 Å². The van der Waals surface area contributed by atoms with Gasteiger partial charge >= 0.3 is 0 Å². The average Bonchev–Trinajstić information content (AvgIpc) is 2.89. The van der Waals surface area contributed by atoms with Crippen molar-refractivity contribution >= 4 is 23.5 Å². The second kappa shape index (κ2) is 5.31. The Bertz CT molecular complexity index is 682. The van der Waals surface area contributed by atoms with Gasteiger partial charge in [-0.1, -0.05) is 0 Å². The maximum Gasteiger partial charge on any atom is 0.232 e. The van der Waals surface area contributed by atoms with E-state index in [1.165, 1.54) is 35.3 Å². The molecule has 7 nitrogen and oxygen atoms in total. The van der Waals surface area contributed by atoms with Gasteiger partial charge in [0, 0.05) is 12.1 Å². The predicted octanol–water partition coefficient (Wildman–Crippen LogP) is 1.01. The molecular weight excluding hydrogens is 277 g/mol. The van der Waals surface area contributed by atoms with Crippen LogP contribution in [0.25, 0.3) is 0 Å². The van der Waals surface area contributed by atoms with Crippen molar-refractivity contribution in [3.63, 3.8) is 0 Å². The highest BCUT2D eigenvalue weighted by Crippen LogP contribution is 2.19. The Kier molecular flexibility index (Phi) is 3.35. The van der Waals surface area contributed by atoms with Crippen molar-refractivity contribution < 1.29 is 14.0 Å². The number of anilines is 2. The molecule has 0 unspecified atom stereocenters. The second-order valence-electron chi connectivity index (χ2n) is 4.71. The van der Waals surface area contributed by atoms with Crippen LogP contribution in [0, 0.1) is 11.7 Å². The number of hydrogen-bond acceptors (Lipinski definition) is 4. The Morgan fingerprint density at radius 3 is 2.95 bits per heavy atom. The Labute approximate surface area is 119 Å². The van der Waals surface area contributed by atoms with E-state index in [4.69, 9.17) is 0 Å². The van der Waals surface area contributed by atoms with Gasteiger partial charge in [-0.05, 0) is 24.3 Å². The van der Waals surface area contributed by atoms with Gasteiger partial charge in [0.1, 0.15) is 12.1 Å². The van der Waals surface area contributed by atoms with Crippen molar-refractivity contribution in [3.8, 4) is 0 Å². The molecule has 0 saturated heterocycles. The van der Waals surface area contributed by atoms with Crippen LogP contribution in [-0.4, -0.2) is 26.6 Å². The number of hydrogen-bond donors (Lipinski definition) is 2. The molecule has 2 heterocycles. The molecule has 1 atom stereocenters. The molecule has 1 aromatic carbocycles. The highest BCUT2D eigenvalue weighted by molar-refractivity contribution is 5.98. The number of rotatable bonds is 3. The van der Waals surface area contributed by atoms with Crippen LogP contribution >= 0.6 is 0 Å². The maximum atomic E-state index is 12.8. The minimum atomic E-state index is -0.514. The third kappa shape index (κ3) is 2.88. The van der Waals surface area contributed by atoms with Gasteiger partial charge in [0.05, 0.1) is 12.5 Å². The van der Waals surface area contributed by atoms with Gasteiger partial charge in [-0.3, -0.25) is 14.9 Å². The normalized spacial score (nSPS) is 17.0. The van der Waals surface area contributed by atoms with Crippen molar-refractivity contribution in [1.29, 1.82) is 0 Å². The molecule has 2 amide bonds. The van der Waals surface area contributed by atoms with Crippen molar-refractivity contribution in [2.75, 3.05) is 10.6 Å². The summed E-state index contributed by atoms with van der Waals surface area (Å²) in [5, 5.41) is 9.17. The molecule has 0 radical (unpaired) electrons. The Morgan fingerprint density at radius 2 is 2.19 bits per heavy atom. The number of carbonyl (C=O) groups is 2. The molecule has 1 aromatic heterocycles. The fourth-order valence-electron chi connectivity index (χ4n) is 2.12. The molecule has 108 valence electrons. The van der Waals surface area contributed by atoms with Gasteiger partial charge in [-0.2, -0.15) is 10.1 Å². The zero-order valence-electron chi connectivity index (χ0n) is 10.9. The summed E-state index contributed by atoms with van der Waals surface area (Å²) in [5.41, 5.74) is 0.485. The van der Waals surface area contributed by atoms with Gasteiger partial charge in [0.2, 0.25) is 17.8 Å². The zero-order chi connectivity index (χ0) is 14.8. The number of aromatic nitrogens is 3. The fraction of sp³-hybridized carbons (Fsp3) is 0.231. The molecule has 0 bridgehead atoms. The molecule has 2 aromatic rings. The van der Waals surface area contributed by atoms with E-state index in [0.29, 0.717) is 18.2 Å². The smallest absolute Gasteiger partial charge is 0.232 e. The molecule has 3 rings (SSSR count). The van der Waals surface area contributed by atoms with Crippen molar-refractivity contribution in [2.24, 2.45) is 5.92 Å². The van der Waals surface area contributed by atoms with Crippen molar-refractivity contribution in [3.05, 3.63) is 36.4 Å². The lowest BCUT2D eigenvalue weighted by Crippen LogP contribution is -2.36. The largest absolute Gasteiger partial charge is 0.326 e. The number of halogens is 1. The zero-order valence-corrected chi connectivity index (χ0v) is 10.9. The number of amides is 2. The Morgan fingerprint density at radius 1 is 1.43 bits per heavy atom.